The molecular weight excluding hydrogens is 476 g/mol. The number of esters is 1. The molecule has 1 aromatic rings. The van der Waals surface area contributed by atoms with E-state index in [4.69, 9.17) is 24.1 Å². The predicted octanol–water partition coefficient (Wildman–Crippen LogP) is -4.07. The van der Waals surface area contributed by atoms with Crippen molar-refractivity contribution in [3.63, 3.8) is 0 Å². The molecule has 14 heteroatoms. The maximum absolute atomic E-state index is 12.1. The van der Waals surface area contributed by atoms with Gasteiger partial charge < -0.3 is 64.9 Å². The number of phenols is 1. The van der Waals surface area contributed by atoms with Crippen molar-refractivity contribution >= 4 is 12.0 Å². The van der Waals surface area contributed by atoms with Crippen molar-refractivity contribution in [1.82, 2.24) is 0 Å². The molecule has 196 valence electrons. The fourth-order valence-electron chi connectivity index (χ4n) is 3.51. The van der Waals surface area contributed by atoms with Gasteiger partial charge in [-0.05, 0) is 23.8 Å². The Morgan fingerprint density at radius 2 is 1.37 bits per heavy atom. The lowest BCUT2D eigenvalue weighted by molar-refractivity contribution is -0.291. The van der Waals surface area contributed by atoms with Crippen LogP contribution in [0.2, 0.25) is 0 Å². The van der Waals surface area contributed by atoms with Crippen molar-refractivity contribution in [2.24, 2.45) is 0 Å². The number of rotatable bonds is 7. The summed E-state index contributed by atoms with van der Waals surface area (Å²) in [5.74, 6) is -1.61. The first-order valence-electron chi connectivity index (χ1n) is 10.6. The van der Waals surface area contributed by atoms with Crippen molar-refractivity contribution in [3.05, 3.63) is 29.8 Å². The van der Waals surface area contributed by atoms with E-state index < -0.39 is 86.3 Å². The molecule has 2 aliphatic heterocycles. The highest BCUT2D eigenvalue weighted by molar-refractivity contribution is 5.87. The second-order valence-corrected chi connectivity index (χ2v) is 8.01. The topological polar surface area (TPSA) is 236 Å². The predicted molar refractivity (Wildman–Crippen MR) is 111 cm³/mol. The lowest BCUT2D eigenvalue weighted by atomic mass is 9.99. The maximum atomic E-state index is 12.1. The van der Waals surface area contributed by atoms with Gasteiger partial charge in [0.15, 0.2) is 11.5 Å². The van der Waals surface area contributed by atoms with Gasteiger partial charge in [0, 0.05) is 6.08 Å². The van der Waals surface area contributed by atoms with E-state index in [9.17, 15) is 45.6 Å². The van der Waals surface area contributed by atoms with Crippen LogP contribution in [0.3, 0.4) is 0 Å². The molecule has 0 radical (unpaired) electrons. The molecule has 2 heterocycles. The number of benzene rings is 1. The normalized spacial score (nSPS) is 37.8. The number of aromatic hydroxyl groups is 1. The van der Waals surface area contributed by atoms with Crippen LogP contribution < -0.4 is 4.74 Å². The van der Waals surface area contributed by atoms with Crippen molar-refractivity contribution in [1.29, 1.82) is 0 Å². The largest absolute Gasteiger partial charge is 0.504 e. The average Bonchev–Trinajstić information content (AvgIpc) is 2.84. The molecule has 0 unspecified atom stereocenters. The van der Waals surface area contributed by atoms with Crippen LogP contribution in [-0.2, 0) is 19.0 Å². The van der Waals surface area contributed by atoms with Gasteiger partial charge in [-0.1, -0.05) is 6.07 Å². The Morgan fingerprint density at radius 3 is 1.91 bits per heavy atom. The first-order valence-corrected chi connectivity index (χ1v) is 10.6. The molecule has 0 amide bonds. The molecule has 0 saturated carbocycles. The van der Waals surface area contributed by atoms with Gasteiger partial charge in [-0.2, -0.15) is 0 Å². The van der Waals surface area contributed by atoms with Gasteiger partial charge >= 0.3 is 5.97 Å². The Bertz CT molecular complexity index is 889. The summed E-state index contributed by atoms with van der Waals surface area (Å²) in [4.78, 5) is 12.1. The molecule has 1 aromatic carbocycles. The molecule has 9 N–H and O–H groups in total. The summed E-state index contributed by atoms with van der Waals surface area (Å²) in [5, 5.41) is 87.6. The van der Waals surface area contributed by atoms with E-state index >= 15 is 0 Å². The fraction of sp³-hybridized carbons (Fsp3) is 0.571. The SMILES string of the molecule is O=C(/C=C/c1ccc(O[C@@H]2O[C@H](CO)[C@@H](O)[C@H](O)[C@H]2O)c(O)c1)O[C@@H]1O[C@H](CO)[C@@H](O)[C@H](O)[C@H]1O. The van der Waals surface area contributed by atoms with Crippen LogP contribution in [0.5, 0.6) is 11.5 Å². The molecule has 0 spiro atoms. The molecular formula is C21H28O14. The third-order valence-electron chi connectivity index (χ3n) is 5.57. The van der Waals surface area contributed by atoms with Crippen LogP contribution in [0.1, 0.15) is 5.56 Å². The van der Waals surface area contributed by atoms with E-state index in [2.05, 4.69) is 0 Å². The van der Waals surface area contributed by atoms with Gasteiger partial charge in [-0.3, -0.25) is 0 Å². The Hall–Kier alpha value is -2.37. The molecule has 3 rings (SSSR count). The van der Waals surface area contributed by atoms with Crippen LogP contribution in [0.4, 0.5) is 0 Å². The minimum absolute atomic E-state index is 0.171. The van der Waals surface area contributed by atoms with Crippen molar-refractivity contribution < 1.29 is 69.7 Å². The average molecular weight is 504 g/mol. The highest BCUT2D eigenvalue weighted by Crippen LogP contribution is 2.31. The highest BCUT2D eigenvalue weighted by Gasteiger charge is 2.46. The second-order valence-electron chi connectivity index (χ2n) is 8.01. The zero-order valence-electron chi connectivity index (χ0n) is 18.1. The molecule has 2 fully saturated rings. The molecule has 0 aromatic heterocycles. The van der Waals surface area contributed by atoms with E-state index in [1.165, 1.54) is 24.3 Å². The van der Waals surface area contributed by atoms with Crippen molar-refractivity contribution in [2.75, 3.05) is 13.2 Å². The third kappa shape index (κ3) is 6.07. The van der Waals surface area contributed by atoms with Gasteiger partial charge in [0.2, 0.25) is 12.6 Å². The number of hydrogen-bond acceptors (Lipinski definition) is 14. The van der Waals surface area contributed by atoms with Crippen LogP contribution in [-0.4, -0.2) is 127 Å². The zero-order valence-corrected chi connectivity index (χ0v) is 18.1. The Kier molecular flexibility index (Phi) is 9.00. The molecule has 14 nitrogen and oxygen atoms in total. The molecule has 2 saturated heterocycles. The van der Waals surface area contributed by atoms with Gasteiger partial charge in [-0.25, -0.2) is 4.79 Å². The van der Waals surface area contributed by atoms with Crippen LogP contribution in [0, 0.1) is 0 Å². The Morgan fingerprint density at radius 1 is 0.829 bits per heavy atom. The minimum atomic E-state index is -1.76. The Labute approximate surface area is 198 Å². The van der Waals surface area contributed by atoms with E-state index in [-0.39, 0.29) is 11.3 Å². The van der Waals surface area contributed by atoms with E-state index in [1.807, 2.05) is 0 Å². The summed E-state index contributed by atoms with van der Waals surface area (Å²) in [7, 11) is 0. The minimum Gasteiger partial charge on any atom is -0.504 e. The molecule has 0 aliphatic carbocycles. The molecule has 10 atom stereocenters. The first-order chi connectivity index (χ1) is 16.6. The number of hydrogen-bond donors (Lipinski definition) is 9. The number of ether oxygens (including phenoxy) is 4. The summed E-state index contributed by atoms with van der Waals surface area (Å²) in [6.07, 6.45) is -13.4. The fourth-order valence-corrected chi connectivity index (χ4v) is 3.51. The molecule has 0 bridgehead atoms. The van der Waals surface area contributed by atoms with Crippen LogP contribution >= 0.6 is 0 Å². The quantitative estimate of drug-likeness (QED) is 0.127. The Balaban J connectivity index is 1.61. The lowest BCUT2D eigenvalue weighted by Crippen LogP contribution is -2.60. The van der Waals surface area contributed by atoms with Crippen molar-refractivity contribution in [3.8, 4) is 11.5 Å². The van der Waals surface area contributed by atoms with Gasteiger partial charge in [-0.15, -0.1) is 0 Å². The smallest absolute Gasteiger partial charge is 0.333 e. The van der Waals surface area contributed by atoms with E-state index in [0.29, 0.717) is 0 Å². The van der Waals surface area contributed by atoms with Crippen LogP contribution in [0.25, 0.3) is 6.08 Å². The number of carbonyl (C=O) groups excluding carboxylic acids is 1. The number of phenolic OH excluding ortho intramolecular Hbond substituents is 1. The van der Waals surface area contributed by atoms with Crippen molar-refractivity contribution in [2.45, 2.75) is 61.4 Å². The van der Waals surface area contributed by atoms with E-state index in [1.54, 1.807) is 0 Å². The van der Waals surface area contributed by atoms with E-state index in [0.717, 1.165) is 6.08 Å². The lowest BCUT2D eigenvalue weighted by Gasteiger charge is -2.39. The van der Waals surface area contributed by atoms with Gasteiger partial charge in [0.05, 0.1) is 13.2 Å². The standard InChI is InChI=1S/C21H28O14/c22-6-11-14(26)16(28)18(30)20(33-11)32-10-3-1-8(5-9(10)24)2-4-13(25)35-21-19(31)17(29)15(27)12(7-23)34-21/h1-5,11-12,14-24,26-31H,6-7H2/b4-2+/t11-,12-,14-,15-,16+,17+,18-,19-,20-,21+/m1/s1. The zero-order chi connectivity index (χ0) is 25.9. The summed E-state index contributed by atoms with van der Waals surface area (Å²) < 4.78 is 20.5. The van der Waals surface area contributed by atoms with Gasteiger partial charge in [0.25, 0.3) is 0 Å². The number of aliphatic hydroxyl groups is 8. The summed E-state index contributed by atoms with van der Waals surface area (Å²) in [6, 6.07) is 3.84. The summed E-state index contributed by atoms with van der Waals surface area (Å²) in [6.45, 7) is -1.34. The number of aliphatic hydroxyl groups excluding tert-OH is 8. The number of carbonyl (C=O) groups is 1. The van der Waals surface area contributed by atoms with Gasteiger partial charge in [0.1, 0.15) is 48.8 Å². The molecule has 2 aliphatic rings. The first kappa shape index (κ1) is 27.2. The monoisotopic (exact) mass is 504 g/mol. The summed E-state index contributed by atoms with van der Waals surface area (Å²) >= 11 is 0. The summed E-state index contributed by atoms with van der Waals surface area (Å²) in [5.41, 5.74) is 0.286. The second kappa shape index (κ2) is 11.6. The van der Waals surface area contributed by atoms with Crippen LogP contribution in [0.15, 0.2) is 24.3 Å². The molecule has 35 heavy (non-hydrogen) atoms. The highest BCUT2D eigenvalue weighted by atomic mass is 16.7. The third-order valence-corrected chi connectivity index (χ3v) is 5.57. The maximum Gasteiger partial charge on any atom is 0.333 e.